The minimum Gasteiger partial charge on any atom is -0.507 e. The smallest absolute Gasteiger partial charge is 0.241 e. The second-order valence-corrected chi connectivity index (χ2v) is 8.76. The first-order valence-corrected chi connectivity index (χ1v) is 11.0. The van der Waals surface area contributed by atoms with Crippen LogP contribution in [0.3, 0.4) is 0 Å². The first-order chi connectivity index (χ1) is 14.3. The highest BCUT2D eigenvalue weighted by molar-refractivity contribution is 7.89. The molecule has 0 amide bonds. The number of aromatic nitrogens is 4. The molecule has 0 radical (unpaired) electrons. The predicted octanol–water partition coefficient (Wildman–Crippen LogP) is 1.77. The number of hydrogen-bond donors (Lipinski definition) is 5. The number of aromatic amines is 1. The molecule has 10 nitrogen and oxygen atoms in total. The number of sulfonamides is 1. The van der Waals surface area contributed by atoms with E-state index in [1.807, 2.05) is 6.07 Å². The van der Waals surface area contributed by atoms with Gasteiger partial charge in [-0.15, -0.1) is 0 Å². The molecule has 1 saturated carbocycles. The molecule has 158 valence electrons. The zero-order valence-electron chi connectivity index (χ0n) is 16.0. The van der Waals surface area contributed by atoms with Gasteiger partial charge in [0.05, 0.1) is 0 Å². The van der Waals surface area contributed by atoms with Gasteiger partial charge in [-0.05, 0) is 43.9 Å². The number of nitrogens with zero attached hydrogens (tertiary/aromatic N) is 3. The molecule has 4 rings (SSSR count). The zero-order valence-corrected chi connectivity index (χ0v) is 16.9. The number of phenolic OH excluding ortho intramolecular Hbond substituents is 1. The van der Waals surface area contributed by atoms with Crippen LogP contribution in [-0.4, -0.2) is 45.4 Å². The minimum atomic E-state index is -4.11. The molecule has 2 heterocycles. The number of aliphatic hydroxyl groups excluding tert-OH is 1. The summed E-state index contributed by atoms with van der Waals surface area (Å²) >= 11 is 0. The first kappa shape index (κ1) is 20.3. The van der Waals surface area contributed by atoms with Crippen LogP contribution in [-0.2, 0) is 16.4 Å². The minimum absolute atomic E-state index is 0.0328. The number of H-pyrrole nitrogens is 1. The standard InChI is InChI=1S/C19H22N6O4S/c20-30(28,29)16-8-12(5-6-15(16)27)18-21-10-13(2-1-7-26)19(23-18)22-17-9-14(24-25-17)11-3-4-11/h5-6,8-11,26-27H,1-4,7H2,(H2,20,28,29)(H2,21,22,23,24,25). The van der Waals surface area contributed by atoms with Gasteiger partial charge in [0.15, 0.2) is 11.6 Å². The zero-order chi connectivity index (χ0) is 21.3. The SMILES string of the molecule is NS(=O)(=O)c1cc(-c2ncc(CCCO)c(Nc3cc(C4CC4)[nH]n3)n2)ccc1O. The van der Waals surface area contributed by atoms with Crippen LogP contribution < -0.4 is 10.5 Å². The van der Waals surface area contributed by atoms with E-state index < -0.39 is 20.7 Å². The average molecular weight is 430 g/mol. The number of nitrogens with two attached hydrogens (primary N) is 1. The molecule has 30 heavy (non-hydrogen) atoms. The van der Waals surface area contributed by atoms with Gasteiger partial charge in [0.2, 0.25) is 10.0 Å². The summed E-state index contributed by atoms with van der Waals surface area (Å²) < 4.78 is 23.4. The number of benzene rings is 1. The third-order valence-corrected chi connectivity index (χ3v) is 5.79. The lowest BCUT2D eigenvalue weighted by Crippen LogP contribution is -2.12. The van der Waals surface area contributed by atoms with Crippen molar-refractivity contribution < 1.29 is 18.6 Å². The normalized spacial score (nSPS) is 14.1. The van der Waals surface area contributed by atoms with Crippen molar-refractivity contribution in [3.05, 3.63) is 41.7 Å². The number of aliphatic hydroxyl groups is 1. The molecule has 0 bridgehead atoms. The molecule has 2 aromatic heterocycles. The Bertz CT molecular complexity index is 1170. The van der Waals surface area contributed by atoms with Crippen molar-refractivity contribution >= 4 is 21.7 Å². The van der Waals surface area contributed by atoms with Crippen LogP contribution in [0.4, 0.5) is 11.6 Å². The summed E-state index contributed by atoms with van der Waals surface area (Å²) in [5.74, 6) is 1.46. The van der Waals surface area contributed by atoms with E-state index in [9.17, 15) is 18.6 Å². The maximum absolute atomic E-state index is 11.7. The third kappa shape index (κ3) is 4.42. The maximum Gasteiger partial charge on any atom is 0.241 e. The van der Waals surface area contributed by atoms with E-state index in [1.165, 1.54) is 18.2 Å². The van der Waals surface area contributed by atoms with Gasteiger partial charge in [0, 0.05) is 41.6 Å². The summed E-state index contributed by atoms with van der Waals surface area (Å²) in [6, 6.07) is 5.92. The van der Waals surface area contributed by atoms with Gasteiger partial charge < -0.3 is 15.5 Å². The monoisotopic (exact) mass is 430 g/mol. The molecule has 3 aromatic rings. The van der Waals surface area contributed by atoms with E-state index >= 15 is 0 Å². The van der Waals surface area contributed by atoms with Crippen LogP contribution in [0.25, 0.3) is 11.4 Å². The molecule has 0 unspecified atom stereocenters. The molecule has 1 aromatic carbocycles. The fraction of sp³-hybridized carbons (Fsp3) is 0.316. The quantitative estimate of drug-likeness (QED) is 0.360. The molecule has 1 aliphatic rings. The van der Waals surface area contributed by atoms with Gasteiger partial charge in [0.25, 0.3) is 0 Å². The van der Waals surface area contributed by atoms with Crippen molar-refractivity contribution in [1.82, 2.24) is 20.2 Å². The van der Waals surface area contributed by atoms with E-state index in [-0.39, 0.29) is 12.4 Å². The van der Waals surface area contributed by atoms with Gasteiger partial charge in [0.1, 0.15) is 16.5 Å². The Morgan fingerprint density at radius 1 is 1.27 bits per heavy atom. The van der Waals surface area contributed by atoms with E-state index in [2.05, 4.69) is 25.5 Å². The Kier molecular flexibility index (Phi) is 5.41. The highest BCUT2D eigenvalue weighted by Gasteiger charge is 2.25. The van der Waals surface area contributed by atoms with E-state index in [4.69, 9.17) is 5.14 Å². The van der Waals surface area contributed by atoms with Gasteiger partial charge >= 0.3 is 0 Å². The molecule has 6 N–H and O–H groups in total. The Balaban J connectivity index is 1.70. The van der Waals surface area contributed by atoms with E-state index in [1.54, 1.807) is 6.20 Å². The lowest BCUT2D eigenvalue weighted by atomic mass is 10.1. The summed E-state index contributed by atoms with van der Waals surface area (Å²) in [5, 5.41) is 34.6. The van der Waals surface area contributed by atoms with E-state index in [0.717, 1.165) is 24.1 Å². The Hall–Kier alpha value is -3.02. The predicted molar refractivity (Wildman–Crippen MR) is 110 cm³/mol. The van der Waals surface area contributed by atoms with E-state index in [0.29, 0.717) is 36.0 Å². The van der Waals surface area contributed by atoms with Crippen LogP contribution in [0.5, 0.6) is 5.75 Å². The summed E-state index contributed by atoms with van der Waals surface area (Å²) in [5.41, 5.74) is 2.24. The highest BCUT2D eigenvalue weighted by Crippen LogP contribution is 2.39. The second kappa shape index (κ2) is 8.01. The number of primary sulfonamides is 1. The Morgan fingerprint density at radius 2 is 2.07 bits per heavy atom. The number of nitrogens with one attached hydrogen (secondary N) is 2. The largest absolute Gasteiger partial charge is 0.507 e. The lowest BCUT2D eigenvalue weighted by Gasteiger charge is -2.11. The third-order valence-electron chi connectivity index (χ3n) is 4.85. The van der Waals surface area contributed by atoms with Crippen molar-refractivity contribution in [2.75, 3.05) is 11.9 Å². The molecule has 0 atom stereocenters. The number of aryl methyl sites for hydroxylation is 1. The lowest BCUT2D eigenvalue weighted by molar-refractivity contribution is 0.288. The summed E-state index contributed by atoms with van der Waals surface area (Å²) in [7, 11) is -4.11. The van der Waals surface area contributed by atoms with Gasteiger partial charge in [-0.1, -0.05) is 0 Å². The van der Waals surface area contributed by atoms with Crippen molar-refractivity contribution in [3.8, 4) is 17.1 Å². The fourth-order valence-corrected chi connectivity index (χ4v) is 3.76. The Morgan fingerprint density at radius 3 is 2.77 bits per heavy atom. The van der Waals surface area contributed by atoms with Gasteiger partial charge in [-0.3, -0.25) is 5.10 Å². The molecule has 1 aliphatic carbocycles. The van der Waals surface area contributed by atoms with Crippen molar-refractivity contribution in [1.29, 1.82) is 0 Å². The summed E-state index contributed by atoms with van der Waals surface area (Å²) in [4.78, 5) is 8.46. The van der Waals surface area contributed by atoms with Gasteiger partial charge in [-0.2, -0.15) is 5.10 Å². The number of anilines is 2. The number of phenols is 1. The molecular formula is C19H22N6O4S. The Labute approximate surface area is 173 Å². The van der Waals surface area contributed by atoms with Crippen molar-refractivity contribution in [3.63, 3.8) is 0 Å². The summed E-state index contributed by atoms with van der Waals surface area (Å²) in [6.07, 6.45) is 5.01. The number of aromatic hydroxyl groups is 1. The highest BCUT2D eigenvalue weighted by atomic mass is 32.2. The van der Waals surface area contributed by atoms with Crippen molar-refractivity contribution in [2.24, 2.45) is 5.14 Å². The average Bonchev–Trinajstić information content (AvgIpc) is 3.46. The van der Waals surface area contributed by atoms with Crippen LogP contribution in [0.1, 0.15) is 36.4 Å². The number of rotatable bonds is 8. The maximum atomic E-state index is 11.7. The topological polar surface area (TPSA) is 167 Å². The molecule has 0 saturated heterocycles. The molecule has 0 aliphatic heterocycles. The first-order valence-electron chi connectivity index (χ1n) is 9.50. The molecule has 1 fully saturated rings. The second-order valence-electron chi connectivity index (χ2n) is 7.23. The van der Waals surface area contributed by atoms with Crippen LogP contribution >= 0.6 is 0 Å². The van der Waals surface area contributed by atoms with Gasteiger partial charge in [-0.25, -0.2) is 23.5 Å². The fourth-order valence-electron chi connectivity index (χ4n) is 3.11. The molecule has 0 spiro atoms. The van der Waals surface area contributed by atoms with Crippen LogP contribution in [0.2, 0.25) is 0 Å². The van der Waals surface area contributed by atoms with Crippen LogP contribution in [0.15, 0.2) is 35.4 Å². The summed E-state index contributed by atoms with van der Waals surface area (Å²) in [6.45, 7) is 0.0328. The number of hydrogen-bond acceptors (Lipinski definition) is 8. The molecular weight excluding hydrogens is 408 g/mol. The molecule has 11 heteroatoms. The van der Waals surface area contributed by atoms with Crippen LogP contribution in [0, 0.1) is 0 Å². The van der Waals surface area contributed by atoms with Crippen molar-refractivity contribution in [2.45, 2.75) is 36.5 Å².